The number of halogens is 1. The standard InChI is InChI=1S/C16H21FN2O5S/c1-24-14(20)7-8-18-15(21)16(10-19(11-16)25(2,22)23)9-12-5-3-4-6-13(12)17/h3-6H,7-11H2,1-2H3,(H,18,21). The number of esters is 1. The Labute approximate surface area is 146 Å². The fourth-order valence-corrected chi connectivity index (χ4v) is 3.74. The van der Waals surface area contributed by atoms with Crippen LogP contribution < -0.4 is 5.32 Å². The highest BCUT2D eigenvalue weighted by molar-refractivity contribution is 7.88. The van der Waals surface area contributed by atoms with Crippen LogP contribution in [0.5, 0.6) is 0 Å². The number of hydrogen-bond acceptors (Lipinski definition) is 5. The Hall–Kier alpha value is -2.00. The molecule has 0 unspecified atom stereocenters. The lowest BCUT2D eigenvalue weighted by Gasteiger charge is -2.47. The van der Waals surface area contributed by atoms with Crippen molar-refractivity contribution < 1.29 is 27.1 Å². The van der Waals surface area contributed by atoms with E-state index in [2.05, 4.69) is 10.1 Å². The third kappa shape index (κ3) is 4.55. The van der Waals surface area contributed by atoms with Crippen LogP contribution >= 0.6 is 0 Å². The Morgan fingerprint density at radius 1 is 1.32 bits per heavy atom. The fraction of sp³-hybridized carbons (Fsp3) is 0.500. The largest absolute Gasteiger partial charge is 0.469 e. The van der Waals surface area contributed by atoms with Crippen molar-refractivity contribution in [2.75, 3.05) is 33.0 Å². The molecule has 1 heterocycles. The van der Waals surface area contributed by atoms with E-state index < -0.39 is 33.1 Å². The molecule has 0 spiro atoms. The van der Waals surface area contributed by atoms with Crippen molar-refractivity contribution >= 4 is 21.9 Å². The highest BCUT2D eigenvalue weighted by Crippen LogP contribution is 2.36. The molecule has 1 fully saturated rings. The van der Waals surface area contributed by atoms with Crippen molar-refractivity contribution in [2.24, 2.45) is 5.41 Å². The number of hydrogen-bond donors (Lipinski definition) is 1. The molecule has 0 bridgehead atoms. The number of rotatable bonds is 7. The zero-order valence-corrected chi connectivity index (χ0v) is 14.9. The minimum atomic E-state index is -3.43. The lowest BCUT2D eigenvalue weighted by Crippen LogP contribution is -2.65. The molecule has 1 aromatic carbocycles. The first-order chi connectivity index (χ1) is 11.7. The van der Waals surface area contributed by atoms with E-state index in [0.29, 0.717) is 5.56 Å². The number of benzene rings is 1. The maximum absolute atomic E-state index is 14.0. The van der Waals surface area contributed by atoms with Crippen molar-refractivity contribution in [3.05, 3.63) is 35.6 Å². The van der Waals surface area contributed by atoms with E-state index in [1.807, 2.05) is 0 Å². The van der Waals surface area contributed by atoms with Crippen LogP contribution in [0.4, 0.5) is 4.39 Å². The number of methoxy groups -OCH3 is 1. The lowest BCUT2D eigenvalue weighted by molar-refractivity contribution is -0.141. The van der Waals surface area contributed by atoms with Gasteiger partial charge in [0, 0.05) is 19.6 Å². The van der Waals surface area contributed by atoms with Gasteiger partial charge in [0.2, 0.25) is 15.9 Å². The summed E-state index contributed by atoms with van der Waals surface area (Å²) in [5.41, 5.74) is -0.708. The van der Waals surface area contributed by atoms with E-state index in [1.54, 1.807) is 18.2 Å². The van der Waals surface area contributed by atoms with Crippen molar-refractivity contribution in [1.29, 1.82) is 0 Å². The summed E-state index contributed by atoms with van der Waals surface area (Å²) < 4.78 is 42.9. The smallest absolute Gasteiger partial charge is 0.307 e. The quantitative estimate of drug-likeness (QED) is 0.696. The number of carbonyl (C=O) groups excluding carboxylic acids is 2. The molecular formula is C16H21FN2O5S. The molecule has 0 atom stereocenters. The van der Waals surface area contributed by atoms with Gasteiger partial charge in [-0.2, -0.15) is 4.31 Å². The minimum Gasteiger partial charge on any atom is -0.469 e. The van der Waals surface area contributed by atoms with Crippen molar-refractivity contribution in [1.82, 2.24) is 9.62 Å². The molecule has 1 amide bonds. The van der Waals surface area contributed by atoms with Crippen LogP contribution in [0.2, 0.25) is 0 Å². The van der Waals surface area contributed by atoms with Crippen LogP contribution in [0, 0.1) is 11.2 Å². The lowest BCUT2D eigenvalue weighted by atomic mass is 9.75. The van der Waals surface area contributed by atoms with E-state index in [1.165, 1.54) is 17.5 Å². The normalized spacial score (nSPS) is 16.8. The average Bonchev–Trinajstić information content (AvgIpc) is 2.50. The molecule has 1 aromatic rings. The number of amides is 1. The first-order valence-corrected chi connectivity index (χ1v) is 9.56. The minimum absolute atomic E-state index is 0.00775. The zero-order valence-electron chi connectivity index (χ0n) is 14.1. The summed E-state index contributed by atoms with van der Waals surface area (Å²) in [6, 6.07) is 6.08. The molecule has 0 aromatic heterocycles. The summed E-state index contributed by atoms with van der Waals surface area (Å²) in [7, 11) is -2.18. The molecule has 1 aliphatic heterocycles. The van der Waals surface area contributed by atoms with E-state index in [9.17, 15) is 22.4 Å². The molecule has 0 saturated carbocycles. The van der Waals surface area contributed by atoms with Gasteiger partial charge in [0.05, 0.1) is 25.2 Å². The molecule has 7 nitrogen and oxygen atoms in total. The van der Waals surface area contributed by atoms with Gasteiger partial charge in [-0.3, -0.25) is 9.59 Å². The second-order valence-electron chi connectivity index (χ2n) is 6.16. The molecular weight excluding hydrogens is 351 g/mol. The Balaban J connectivity index is 2.12. The van der Waals surface area contributed by atoms with Gasteiger partial charge in [0.1, 0.15) is 5.82 Å². The summed E-state index contributed by atoms with van der Waals surface area (Å²) >= 11 is 0. The number of ether oxygens (including phenoxy) is 1. The molecule has 138 valence electrons. The Kier molecular flexibility index (Phi) is 5.79. The third-order valence-electron chi connectivity index (χ3n) is 4.24. The van der Waals surface area contributed by atoms with Gasteiger partial charge in [-0.15, -0.1) is 0 Å². The van der Waals surface area contributed by atoms with E-state index >= 15 is 0 Å². The molecule has 0 radical (unpaired) electrons. The van der Waals surface area contributed by atoms with Crippen LogP contribution in [0.1, 0.15) is 12.0 Å². The second kappa shape index (κ2) is 7.49. The molecule has 1 aliphatic rings. The number of carbonyl (C=O) groups is 2. The van der Waals surface area contributed by atoms with E-state index in [0.717, 1.165) is 6.26 Å². The summed E-state index contributed by atoms with van der Waals surface area (Å²) in [6.07, 6.45) is 1.15. The summed E-state index contributed by atoms with van der Waals surface area (Å²) in [4.78, 5) is 23.7. The first-order valence-electron chi connectivity index (χ1n) is 7.71. The summed E-state index contributed by atoms with van der Waals surface area (Å²) in [5.74, 6) is -1.31. The van der Waals surface area contributed by atoms with Crippen molar-refractivity contribution in [3.8, 4) is 0 Å². The van der Waals surface area contributed by atoms with Crippen LogP contribution in [0.3, 0.4) is 0 Å². The van der Waals surface area contributed by atoms with Gasteiger partial charge < -0.3 is 10.1 Å². The van der Waals surface area contributed by atoms with Crippen molar-refractivity contribution in [3.63, 3.8) is 0 Å². The maximum atomic E-state index is 14.0. The predicted octanol–water partition coefficient (Wildman–Crippen LogP) is 0.309. The van der Waals surface area contributed by atoms with Gasteiger partial charge in [-0.25, -0.2) is 12.8 Å². The topological polar surface area (TPSA) is 92.8 Å². The molecule has 2 rings (SSSR count). The fourth-order valence-electron chi connectivity index (χ4n) is 2.77. The number of nitrogens with one attached hydrogen (secondary N) is 1. The molecule has 9 heteroatoms. The first kappa shape index (κ1) is 19.3. The zero-order chi connectivity index (χ0) is 18.7. The van der Waals surface area contributed by atoms with E-state index in [-0.39, 0.29) is 32.5 Å². The molecule has 1 saturated heterocycles. The summed E-state index contributed by atoms with van der Waals surface area (Å²) in [5, 5.41) is 2.62. The molecule has 0 aliphatic carbocycles. The predicted molar refractivity (Wildman–Crippen MR) is 88.6 cm³/mol. The average molecular weight is 372 g/mol. The number of sulfonamides is 1. The van der Waals surface area contributed by atoms with E-state index in [4.69, 9.17) is 0 Å². The highest BCUT2D eigenvalue weighted by Gasteiger charge is 2.52. The van der Waals surface area contributed by atoms with Gasteiger partial charge in [0.25, 0.3) is 0 Å². The Bertz CT molecular complexity index is 760. The van der Waals surface area contributed by atoms with Gasteiger partial charge in [-0.1, -0.05) is 18.2 Å². The SMILES string of the molecule is COC(=O)CCNC(=O)C1(Cc2ccccc2F)CN(S(C)(=O)=O)C1. The van der Waals surface area contributed by atoms with Crippen molar-refractivity contribution in [2.45, 2.75) is 12.8 Å². The Morgan fingerprint density at radius 2 is 1.96 bits per heavy atom. The van der Waals surface area contributed by atoms with Crippen LogP contribution in [-0.4, -0.2) is 57.6 Å². The van der Waals surface area contributed by atoms with Crippen LogP contribution in [-0.2, 0) is 30.8 Å². The third-order valence-corrected chi connectivity index (χ3v) is 5.43. The van der Waals surface area contributed by atoms with Gasteiger partial charge in [0.15, 0.2) is 0 Å². The van der Waals surface area contributed by atoms with Gasteiger partial charge in [-0.05, 0) is 18.1 Å². The number of nitrogens with zero attached hydrogens (tertiary/aromatic N) is 1. The van der Waals surface area contributed by atoms with Crippen LogP contribution in [0.25, 0.3) is 0 Å². The highest BCUT2D eigenvalue weighted by atomic mass is 32.2. The maximum Gasteiger partial charge on any atom is 0.307 e. The second-order valence-corrected chi connectivity index (χ2v) is 8.14. The molecule has 25 heavy (non-hydrogen) atoms. The summed E-state index contributed by atoms with van der Waals surface area (Å²) in [6.45, 7) is 0.0256. The monoisotopic (exact) mass is 372 g/mol. The van der Waals surface area contributed by atoms with Gasteiger partial charge >= 0.3 is 5.97 Å². The Morgan fingerprint density at radius 3 is 2.52 bits per heavy atom. The van der Waals surface area contributed by atoms with Crippen LogP contribution in [0.15, 0.2) is 24.3 Å². The molecule has 1 N–H and O–H groups in total.